The Kier molecular flexibility index (Phi) is 3.85. The van der Waals surface area contributed by atoms with Gasteiger partial charge in [0.25, 0.3) is 5.82 Å². The maximum Gasteiger partial charge on any atom is 0.292 e. The Balaban J connectivity index is 1.85. The molecule has 3 aromatic carbocycles. The summed E-state index contributed by atoms with van der Waals surface area (Å²) < 4.78 is 10.7. The largest absolute Gasteiger partial charge is 0.436 e. The quantitative estimate of drug-likeness (QED) is 0.383. The number of rotatable bonds is 2. The van der Waals surface area contributed by atoms with Crippen LogP contribution in [0.15, 0.2) is 59.0 Å². The molecule has 0 radical (unpaired) electrons. The normalized spacial score (nSPS) is 11.6. The number of hydrogen-bond acceptors (Lipinski definition) is 2. The van der Waals surface area contributed by atoms with Crippen molar-refractivity contribution >= 4 is 22.1 Å². The van der Waals surface area contributed by atoms with Crippen LogP contribution in [0.3, 0.4) is 0 Å². The third-order valence-corrected chi connectivity index (χ3v) is 5.93. The van der Waals surface area contributed by atoms with Crippen LogP contribution < -0.4 is 4.57 Å². The predicted molar refractivity (Wildman–Crippen MR) is 117 cm³/mol. The van der Waals surface area contributed by atoms with Crippen molar-refractivity contribution in [3.63, 3.8) is 0 Å². The fourth-order valence-electron chi connectivity index (χ4n) is 4.46. The van der Waals surface area contributed by atoms with Crippen molar-refractivity contribution in [1.82, 2.24) is 9.55 Å². The average Bonchev–Trinajstić information content (AvgIpc) is 3.22. The van der Waals surface area contributed by atoms with Gasteiger partial charge < -0.3 is 4.42 Å². The third-order valence-electron chi connectivity index (χ3n) is 5.93. The molecule has 0 unspecified atom stereocenters. The maximum atomic E-state index is 6.26. The second-order valence-corrected chi connectivity index (χ2v) is 7.82. The van der Waals surface area contributed by atoms with Crippen LogP contribution in [0, 0.1) is 20.8 Å². The topological polar surface area (TPSA) is 34.8 Å². The summed E-state index contributed by atoms with van der Waals surface area (Å²) in [5.41, 5.74) is 9.83. The fourth-order valence-corrected chi connectivity index (χ4v) is 4.46. The van der Waals surface area contributed by atoms with Crippen LogP contribution in [0.2, 0.25) is 0 Å². The van der Waals surface area contributed by atoms with Crippen LogP contribution in [-0.2, 0) is 14.1 Å². The smallest absolute Gasteiger partial charge is 0.292 e. The van der Waals surface area contributed by atoms with Gasteiger partial charge in [0.2, 0.25) is 5.89 Å². The van der Waals surface area contributed by atoms with E-state index >= 15 is 0 Å². The average molecular weight is 382 g/mol. The number of para-hydroxylation sites is 2. The molecule has 144 valence electrons. The third kappa shape index (κ3) is 2.52. The summed E-state index contributed by atoms with van der Waals surface area (Å²) in [4.78, 5) is 5.00. The summed E-state index contributed by atoms with van der Waals surface area (Å²) in [7, 11) is 4.23. The van der Waals surface area contributed by atoms with Gasteiger partial charge in [-0.3, -0.25) is 0 Å². The Hall–Kier alpha value is -3.40. The van der Waals surface area contributed by atoms with Crippen LogP contribution in [0.25, 0.3) is 45.0 Å². The zero-order chi connectivity index (χ0) is 20.3. The zero-order valence-electron chi connectivity index (χ0n) is 17.4. The molecule has 5 rings (SSSR count). The van der Waals surface area contributed by atoms with E-state index in [-0.39, 0.29) is 0 Å². The van der Waals surface area contributed by atoms with Gasteiger partial charge in [0, 0.05) is 5.56 Å². The van der Waals surface area contributed by atoms with Gasteiger partial charge in [-0.05, 0) is 55.7 Å². The van der Waals surface area contributed by atoms with Crippen molar-refractivity contribution in [2.45, 2.75) is 20.8 Å². The molecule has 5 aromatic rings. The molecule has 0 atom stereocenters. The first-order chi connectivity index (χ1) is 14.0. The van der Waals surface area contributed by atoms with Gasteiger partial charge in [0.1, 0.15) is 5.52 Å². The first-order valence-corrected chi connectivity index (χ1v) is 9.88. The maximum absolute atomic E-state index is 6.26. The molecule has 0 bridgehead atoms. The van der Waals surface area contributed by atoms with Gasteiger partial charge >= 0.3 is 0 Å². The van der Waals surface area contributed by atoms with E-state index in [0.29, 0.717) is 5.89 Å². The highest BCUT2D eigenvalue weighted by atomic mass is 16.3. The van der Waals surface area contributed by atoms with E-state index in [1.165, 1.54) is 27.7 Å². The molecule has 0 N–H and O–H groups in total. The number of nitrogens with zero attached hydrogens (tertiary/aromatic N) is 3. The summed E-state index contributed by atoms with van der Waals surface area (Å²) in [6, 6.07) is 18.9. The molecule has 29 heavy (non-hydrogen) atoms. The number of fused-ring (bicyclic) bond motifs is 2. The monoisotopic (exact) mass is 382 g/mol. The lowest BCUT2D eigenvalue weighted by Crippen LogP contribution is -2.30. The first kappa shape index (κ1) is 17.7. The minimum absolute atomic E-state index is 0.684. The number of hydrogen-bond donors (Lipinski definition) is 0. The molecule has 0 amide bonds. The van der Waals surface area contributed by atoms with Crippen LogP contribution in [0.4, 0.5) is 0 Å². The molecule has 2 heterocycles. The SMILES string of the molecule is Cc1cccc(C)c1-c1nc2c(-c3n(C)c4ccccc4[n+]3C)c(C)ccc2o1. The molecular formula is C25H24N3O+. The predicted octanol–water partition coefficient (Wildman–Crippen LogP) is 5.40. The van der Waals surface area contributed by atoms with Crippen molar-refractivity contribution in [3.8, 4) is 22.8 Å². The number of oxazole rings is 1. The molecule has 0 aliphatic carbocycles. The molecule has 0 fully saturated rings. The lowest BCUT2D eigenvalue weighted by Gasteiger charge is -2.04. The van der Waals surface area contributed by atoms with Gasteiger partial charge in [0.15, 0.2) is 16.6 Å². The standard InChI is InChI=1S/C25H24N3O/c1-15-9-8-10-16(2)21(15)24-26-23-20(29-24)14-13-17(3)22(23)25-27(4)18-11-6-7-12-19(18)28(25)5/h6-14H,1-5H3/q+1. The summed E-state index contributed by atoms with van der Waals surface area (Å²) in [5.74, 6) is 1.81. The van der Waals surface area contributed by atoms with Crippen LogP contribution in [0.1, 0.15) is 16.7 Å². The van der Waals surface area contributed by atoms with Crippen molar-refractivity contribution in [1.29, 1.82) is 0 Å². The second-order valence-electron chi connectivity index (χ2n) is 7.82. The Morgan fingerprint density at radius 2 is 1.52 bits per heavy atom. The molecule has 0 spiro atoms. The highest BCUT2D eigenvalue weighted by molar-refractivity contribution is 5.93. The van der Waals surface area contributed by atoms with E-state index in [1.807, 2.05) is 6.07 Å². The van der Waals surface area contributed by atoms with E-state index in [9.17, 15) is 0 Å². The van der Waals surface area contributed by atoms with Gasteiger partial charge in [-0.15, -0.1) is 0 Å². The van der Waals surface area contributed by atoms with E-state index in [0.717, 1.165) is 28.1 Å². The van der Waals surface area contributed by atoms with Crippen molar-refractivity contribution < 1.29 is 8.98 Å². The molecule has 4 nitrogen and oxygen atoms in total. The molecular weight excluding hydrogens is 358 g/mol. The van der Waals surface area contributed by atoms with E-state index < -0.39 is 0 Å². The summed E-state index contributed by atoms with van der Waals surface area (Å²) in [5, 5.41) is 0. The van der Waals surface area contributed by atoms with Crippen LogP contribution in [0.5, 0.6) is 0 Å². The van der Waals surface area contributed by atoms with Crippen molar-refractivity contribution in [3.05, 3.63) is 71.3 Å². The van der Waals surface area contributed by atoms with Crippen molar-refractivity contribution in [2.24, 2.45) is 14.1 Å². The van der Waals surface area contributed by atoms with Gasteiger partial charge in [-0.1, -0.05) is 36.4 Å². The highest BCUT2D eigenvalue weighted by Crippen LogP contribution is 2.35. The number of imidazole rings is 1. The number of benzene rings is 3. The van der Waals surface area contributed by atoms with E-state index in [4.69, 9.17) is 9.40 Å². The van der Waals surface area contributed by atoms with Gasteiger partial charge in [-0.2, -0.15) is 0 Å². The minimum Gasteiger partial charge on any atom is -0.436 e. The molecule has 0 aliphatic heterocycles. The fraction of sp³-hybridized carbons (Fsp3) is 0.200. The Bertz CT molecular complexity index is 1350. The van der Waals surface area contributed by atoms with Gasteiger partial charge in [-0.25, -0.2) is 14.1 Å². The number of aromatic nitrogens is 3. The molecule has 4 heteroatoms. The Labute approximate surface area is 170 Å². The molecule has 2 aromatic heterocycles. The molecule has 0 saturated heterocycles. The van der Waals surface area contributed by atoms with Crippen LogP contribution >= 0.6 is 0 Å². The Morgan fingerprint density at radius 3 is 2.24 bits per heavy atom. The minimum atomic E-state index is 0.684. The first-order valence-electron chi connectivity index (χ1n) is 9.88. The second kappa shape index (κ2) is 6.31. The van der Waals surface area contributed by atoms with Crippen molar-refractivity contribution in [2.75, 3.05) is 0 Å². The molecule has 0 saturated carbocycles. The lowest BCUT2D eigenvalue weighted by molar-refractivity contribution is -0.634. The lowest BCUT2D eigenvalue weighted by atomic mass is 10.0. The van der Waals surface area contributed by atoms with E-state index in [2.05, 4.69) is 92.5 Å². The highest BCUT2D eigenvalue weighted by Gasteiger charge is 2.27. The van der Waals surface area contributed by atoms with Gasteiger partial charge in [0.05, 0.1) is 19.7 Å². The molecule has 0 aliphatic rings. The summed E-state index contributed by atoms with van der Waals surface area (Å²) in [6.45, 7) is 6.35. The zero-order valence-corrected chi connectivity index (χ0v) is 17.4. The summed E-state index contributed by atoms with van der Waals surface area (Å²) in [6.07, 6.45) is 0. The Morgan fingerprint density at radius 1 is 0.828 bits per heavy atom. The number of aryl methyl sites for hydroxylation is 5. The van der Waals surface area contributed by atoms with Crippen LogP contribution in [-0.4, -0.2) is 9.55 Å². The van der Waals surface area contributed by atoms with E-state index in [1.54, 1.807) is 0 Å². The summed E-state index contributed by atoms with van der Waals surface area (Å²) >= 11 is 0.